The Morgan fingerprint density at radius 1 is 1.19 bits per heavy atom. The van der Waals surface area contributed by atoms with Crippen LogP contribution in [0.15, 0.2) is 55.4 Å². The highest BCUT2D eigenvalue weighted by molar-refractivity contribution is 8.04. The number of amides is 1. The maximum Gasteiger partial charge on any atom is 0.318 e. The molecule has 37 heavy (non-hydrogen) atoms. The lowest BCUT2D eigenvalue weighted by atomic mass is 10.1. The molecule has 2 N–H and O–H groups in total. The van der Waals surface area contributed by atoms with E-state index in [9.17, 15) is 14.0 Å². The van der Waals surface area contributed by atoms with E-state index in [1.807, 2.05) is 0 Å². The van der Waals surface area contributed by atoms with E-state index in [4.69, 9.17) is 27.9 Å². The second-order valence-corrected chi connectivity index (χ2v) is 12.2. The predicted molar refractivity (Wildman–Crippen MR) is 146 cm³/mol. The molecule has 1 aliphatic rings. The molecule has 1 aromatic carbocycles. The first-order chi connectivity index (χ1) is 17.7. The molecule has 1 aliphatic carbocycles. The van der Waals surface area contributed by atoms with Crippen LogP contribution in [0.3, 0.4) is 0 Å². The van der Waals surface area contributed by atoms with E-state index in [2.05, 4.69) is 30.8 Å². The number of hydrogen-bond acceptors (Lipinski definition) is 11. The zero-order valence-corrected chi connectivity index (χ0v) is 23.2. The van der Waals surface area contributed by atoms with Gasteiger partial charge in [-0.1, -0.05) is 58.1 Å². The number of esters is 1. The molecule has 0 aliphatic heterocycles. The quantitative estimate of drug-likeness (QED) is 0.249. The highest BCUT2D eigenvalue weighted by Gasteiger charge is 2.24. The summed E-state index contributed by atoms with van der Waals surface area (Å²) >= 11 is 15.7. The molecule has 1 amide bonds. The van der Waals surface area contributed by atoms with Crippen molar-refractivity contribution < 1.29 is 18.7 Å². The number of hydrogen-bond donors (Lipinski definition) is 2. The fraction of sp³-hybridized carbons (Fsp3) is 0.273. The molecule has 0 saturated carbocycles. The van der Waals surface area contributed by atoms with Gasteiger partial charge in [-0.2, -0.15) is 0 Å². The Bertz CT molecular complexity index is 1390. The summed E-state index contributed by atoms with van der Waals surface area (Å²) in [6.07, 6.45) is 2.68. The minimum Gasteiger partial charge on any atom is -0.468 e. The fourth-order valence-corrected chi connectivity index (χ4v) is 6.55. The zero-order chi connectivity index (χ0) is 26.5. The summed E-state index contributed by atoms with van der Waals surface area (Å²) in [5.41, 5.74) is 1.13. The van der Waals surface area contributed by atoms with E-state index in [0.29, 0.717) is 31.1 Å². The number of anilines is 2. The van der Waals surface area contributed by atoms with Gasteiger partial charge in [0.1, 0.15) is 23.6 Å². The average Bonchev–Trinajstić information content (AvgIpc) is 3.33. The number of benzene rings is 1. The first-order valence-corrected chi connectivity index (χ1v) is 14.1. The normalized spacial score (nSPS) is 18.1. The molecule has 194 valence electrons. The minimum atomic E-state index is -1.40. The van der Waals surface area contributed by atoms with Crippen molar-refractivity contribution in [2.45, 2.75) is 33.1 Å². The third-order valence-electron chi connectivity index (χ3n) is 4.95. The van der Waals surface area contributed by atoms with Crippen LogP contribution in [-0.2, 0) is 14.3 Å². The number of methoxy groups -OCH3 is 1. The molecule has 2 aromatic heterocycles. The Morgan fingerprint density at radius 2 is 1.95 bits per heavy atom. The summed E-state index contributed by atoms with van der Waals surface area (Å²) in [5.74, 6) is -0.121. The molecule has 0 bridgehead atoms. The molecule has 9 nitrogen and oxygen atoms in total. The van der Waals surface area contributed by atoms with Gasteiger partial charge in [-0.25, -0.2) is 14.4 Å². The lowest BCUT2D eigenvalue weighted by Crippen LogP contribution is -2.30. The van der Waals surface area contributed by atoms with Crippen LogP contribution in [0.25, 0.3) is 10.9 Å². The van der Waals surface area contributed by atoms with Crippen molar-refractivity contribution in [3.05, 3.63) is 46.7 Å². The summed E-state index contributed by atoms with van der Waals surface area (Å²) in [6.45, 7) is 1.72. The molecule has 4 rings (SSSR count). The average molecular weight is 602 g/mol. The minimum absolute atomic E-state index is 0.0995. The largest absolute Gasteiger partial charge is 0.468 e. The van der Waals surface area contributed by atoms with Crippen molar-refractivity contribution in [1.29, 1.82) is 0 Å². The van der Waals surface area contributed by atoms with E-state index in [-0.39, 0.29) is 27.7 Å². The van der Waals surface area contributed by atoms with E-state index < -0.39 is 17.5 Å². The van der Waals surface area contributed by atoms with Crippen LogP contribution < -0.4 is 10.6 Å². The van der Waals surface area contributed by atoms with E-state index in [0.717, 1.165) is 0 Å². The molecule has 3 atom stereocenters. The molecular weight excluding hydrogens is 582 g/mol. The summed E-state index contributed by atoms with van der Waals surface area (Å²) in [6, 6.07) is 4.38. The highest BCUT2D eigenvalue weighted by Crippen LogP contribution is 2.32. The van der Waals surface area contributed by atoms with Crippen LogP contribution >= 0.6 is 58.1 Å². The van der Waals surface area contributed by atoms with Crippen LogP contribution in [0.2, 0.25) is 0 Å². The van der Waals surface area contributed by atoms with Crippen LogP contribution in [0.1, 0.15) is 6.92 Å². The van der Waals surface area contributed by atoms with Crippen LogP contribution in [-0.4, -0.2) is 62.4 Å². The topological polar surface area (TPSA) is 119 Å². The van der Waals surface area contributed by atoms with Crippen molar-refractivity contribution in [1.82, 2.24) is 20.2 Å². The maximum absolute atomic E-state index is 14.5. The third-order valence-corrected chi connectivity index (χ3v) is 8.93. The lowest BCUT2D eigenvalue weighted by molar-refractivity contribution is -0.139. The van der Waals surface area contributed by atoms with Crippen LogP contribution in [0, 0.1) is 0 Å². The molecule has 0 radical (unpaired) electrons. The molecule has 15 heteroatoms. The Morgan fingerprint density at radius 3 is 2.73 bits per heavy atom. The van der Waals surface area contributed by atoms with Crippen LogP contribution in [0.4, 0.5) is 15.9 Å². The number of fused-ring (bicyclic) bond motifs is 1. The van der Waals surface area contributed by atoms with E-state index in [1.54, 1.807) is 25.1 Å². The number of nitrogens with zero attached hydrogens (tertiary/aromatic N) is 4. The second-order valence-electron chi connectivity index (χ2n) is 7.55. The van der Waals surface area contributed by atoms with Gasteiger partial charge in [-0.3, -0.25) is 9.59 Å². The smallest absolute Gasteiger partial charge is 0.318 e. The maximum atomic E-state index is 14.5. The number of thioether (sulfide) groups is 2. The molecule has 2 heterocycles. The number of carbonyl (C=O) groups excluding carboxylic acids is 2. The predicted octanol–water partition coefficient (Wildman–Crippen LogP) is 5.24. The molecule has 0 fully saturated rings. The van der Waals surface area contributed by atoms with Gasteiger partial charge in [0, 0.05) is 11.1 Å². The summed E-state index contributed by atoms with van der Waals surface area (Å²) in [5, 5.41) is 14.5. The molecule has 0 spiro atoms. The third kappa shape index (κ3) is 7.11. The van der Waals surface area contributed by atoms with E-state index >= 15 is 0 Å². The summed E-state index contributed by atoms with van der Waals surface area (Å²) in [7, 11) is 1.33. The molecule has 0 saturated heterocycles. The summed E-state index contributed by atoms with van der Waals surface area (Å²) < 4.78 is 20.4. The molecule has 3 unspecified atom stereocenters. The van der Waals surface area contributed by atoms with Gasteiger partial charge < -0.3 is 15.4 Å². The Hall–Kier alpha value is -2.45. The van der Waals surface area contributed by atoms with Gasteiger partial charge in [0.2, 0.25) is 5.91 Å². The van der Waals surface area contributed by atoms with Crippen molar-refractivity contribution in [3.63, 3.8) is 0 Å². The first kappa shape index (κ1) is 27.6. The number of rotatable bonds is 9. The monoisotopic (exact) mass is 600 g/mol. The first-order valence-electron chi connectivity index (χ1n) is 10.6. The number of alkyl halides is 1. The highest BCUT2D eigenvalue weighted by atomic mass is 35.5. The zero-order valence-electron chi connectivity index (χ0n) is 19.3. The van der Waals surface area contributed by atoms with Gasteiger partial charge in [0.15, 0.2) is 8.68 Å². The van der Waals surface area contributed by atoms with Gasteiger partial charge in [-0.15, -0.1) is 10.2 Å². The SMILES string of the molecule is COC(=O)C(C)Sc1nnc(SCC(=O)Nc2ccc3ncnc(NC4C=C(Cl)C(Cl)=CC4F)c3c2)s1. The van der Waals surface area contributed by atoms with Crippen molar-refractivity contribution >= 4 is 92.3 Å². The van der Waals surface area contributed by atoms with Gasteiger partial charge in [-0.05, 0) is 37.3 Å². The second kappa shape index (κ2) is 12.4. The Kier molecular flexibility index (Phi) is 9.24. The Labute approximate surface area is 233 Å². The standard InChI is InChI=1S/C22H19Cl2FN6O3S3/c1-10(20(33)34-2)36-22-31-30-21(37-22)35-8-18(32)28-11-3-4-16-12(5-11)19(27-9-26-16)29-17-7-14(24)13(23)6-15(17)25/h3-7,9-10,15,17H,8H2,1-2H3,(H,28,32)(H,26,27,29). The number of carbonyl (C=O) groups is 2. The number of allylic oxidation sites excluding steroid dienone is 2. The molecule has 3 aromatic rings. The van der Waals surface area contributed by atoms with Gasteiger partial charge in [0.25, 0.3) is 0 Å². The number of halogens is 3. The lowest BCUT2D eigenvalue weighted by Gasteiger charge is -2.22. The molecular formula is C22H19Cl2FN6O3S3. The number of nitrogens with one attached hydrogen (secondary N) is 2. The fourth-order valence-electron chi connectivity index (χ4n) is 3.17. The van der Waals surface area contributed by atoms with Gasteiger partial charge in [0.05, 0.1) is 34.5 Å². The van der Waals surface area contributed by atoms with Crippen LogP contribution in [0.5, 0.6) is 0 Å². The van der Waals surface area contributed by atoms with E-state index in [1.165, 1.54) is 60.4 Å². The van der Waals surface area contributed by atoms with Gasteiger partial charge >= 0.3 is 5.97 Å². The number of ether oxygens (including phenoxy) is 1. The number of aromatic nitrogens is 4. The van der Waals surface area contributed by atoms with Crippen molar-refractivity contribution in [2.24, 2.45) is 0 Å². The van der Waals surface area contributed by atoms with Crippen molar-refractivity contribution in [3.8, 4) is 0 Å². The Balaban J connectivity index is 1.39. The van der Waals surface area contributed by atoms with Crippen molar-refractivity contribution in [2.75, 3.05) is 23.5 Å². The summed E-state index contributed by atoms with van der Waals surface area (Å²) in [4.78, 5) is 32.6.